The first-order valence-corrected chi connectivity index (χ1v) is 8.03. The van der Waals surface area contributed by atoms with Crippen molar-refractivity contribution in [2.45, 2.75) is 26.3 Å². The van der Waals surface area contributed by atoms with Crippen molar-refractivity contribution in [3.05, 3.63) is 35.6 Å². The normalized spacial score (nSPS) is 20.6. The summed E-state index contributed by atoms with van der Waals surface area (Å²) < 4.78 is 13.2. The van der Waals surface area contributed by atoms with E-state index in [2.05, 4.69) is 10.2 Å². The third kappa shape index (κ3) is 5.07. The van der Waals surface area contributed by atoms with Gasteiger partial charge in [-0.3, -0.25) is 9.69 Å². The number of nitrogens with one attached hydrogen (secondary N) is 1. The molecule has 0 aliphatic carbocycles. The number of hydrogen-bond donors (Lipinski definition) is 2. The van der Waals surface area contributed by atoms with E-state index in [0.717, 1.165) is 31.5 Å². The zero-order chi connectivity index (χ0) is 15.9. The molecule has 1 saturated heterocycles. The van der Waals surface area contributed by atoms with E-state index in [0.29, 0.717) is 25.6 Å². The van der Waals surface area contributed by atoms with Crippen LogP contribution in [0.3, 0.4) is 0 Å². The highest BCUT2D eigenvalue weighted by Gasteiger charge is 2.25. The molecule has 3 N–H and O–H groups in total. The summed E-state index contributed by atoms with van der Waals surface area (Å²) >= 11 is 0. The van der Waals surface area contributed by atoms with E-state index in [1.165, 1.54) is 6.07 Å². The van der Waals surface area contributed by atoms with E-state index in [1.807, 2.05) is 13.0 Å². The first-order chi connectivity index (χ1) is 10.6. The van der Waals surface area contributed by atoms with Crippen molar-refractivity contribution >= 4 is 5.91 Å². The number of nitrogens with two attached hydrogens (primary N) is 1. The monoisotopic (exact) mass is 307 g/mol. The van der Waals surface area contributed by atoms with Gasteiger partial charge in [-0.25, -0.2) is 4.39 Å². The lowest BCUT2D eigenvalue weighted by Gasteiger charge is -2.32. The second-order valence-corrected chi connectivity index (χ2v) is 6.29. The van der Waals surface area contributed by atoms with Gasteiger partial charge in [0.05, 0.1) is 5.92 Å². The minimum absolute atomic E-state index is 0.0206. The Morgan fingerprint density at radius 1 is 1.55 bits per heavy atom. The van der Waals surface area contributed by atoms with Crippen LogP contribution < -0.4 is 11.1 Å². The summed E-state index contributed by atoms with van der Waals surface area (Å²) in [6, 6.07) is 6.67. The van der Waals surface area contributed by atoms with Gasteiger partial charge in [0.2, 0.25) is 5.91 Å². The molecule has 0 radical (unpaired) electrons. The van der Waals surface area contributed by atoms with E-state index in [4.69, 9.17) is 5.73 Å². The largest absolute Gasteiger partial charge is 0.356 e. The molecule has 2 rings (SSSR count). The highest BCUT2D eigenvalue weighted by atomic mass is 19.1. The molecule has 1 aromatic carbocycles. The molecule has 1 aliphatic heterocycles. The van der Waals surface area contributed by atoms with Crippen LogP contribution in [0.15, 0.2) is 24.3 Å². The van der Waals surface area contributed by atoms with Crippen molar-refractivity contribution in [1.29, 1.82) is 0 Å². The molecule has 4 nitrogen and oxygen atoms in total. The molecule has 0 spiro atoms. The van der Waals surface area contributed by atoms with Gasteiger partial charge in [0.15, 0.2) is 0 Å². The number of benzene rings is 1. The van der Waals surface area contributed by atoms with Crippen LogP contribution in [-0.4, -0.2) is 37.0 Å². The molecule has 1 amide bonds. The molecule has 22 heavy (non-hydrogen) atoms. The summed E-state index contributed by atoms with van der Waals surface area (Å²) in [6.07, 6.45) is 1.92. The summed E-state index contributed by atoms with van der Waals surface area (Å²) in [6.45, 7) is 5.63. The fourth-order valence-electron chi connectivity index (χ4n) is 2.81. The molecule has 0 saturated carbocycles. The number of hydrogen-bond acceptors (Lipinski definition) is 3. The number of carbonyl (C=O) groups is 1. The first-order valence-electron chi connectivity index (χ1n) is 8.03. The molecule has 2 atom stereocenters. The number of rotatable bonds is 6. The zero-order valence-electron chi connectivity index (χ0n) is 13.2. The maximum absolute atomic E-state index is 13.2. The topological polar surface area (TPSA) is 58.4 Å². The lowest BCUT2D eigenvalue weighted by molar-refractivity contribution is -0.126. The van der Waals surface area contributed by atoms with Crippen molar-refractivity contribution in [2.24, 2.45) is 17.6 Å². The molecular formula is C17H26FN3O. The number of nitrogens with zero attached hydrogens (tertiary/aromatic N) is 1. The quantitative estimate of drug-likeness (QED) is 0.842. The molecule has 0 aromatic heterocycles. The molecule has 1 aromatic rings. The summed E-state index contributed by atoms with van der Waals surface area (Å²) in [5.41, 5.74) is 6.52. The third-order valence-electron chi connectivity index (χ3n) is 4.20. The summed E-state index contributed by atoms with van der Waals surface area (Å²) in [5.74, 6) is 0.229. The van der Waals surface area contributed by atoms with Crippen LogP contribution in [0.4, 0.5) is 4.39 Å². The summed E-state index contributed by atoms with van der Waals surface area (Å²) in [4.78, 5) is 14.5. The average Bonchev–Trinajstić information content (AvgIpc) is 2.52. The van der Waals surface area contributed by atoms with Gasteiger partial charge < -0.3 is 11.1 Å². The summed E-state index contributed by atoms with van der Waals surface area (Å²) in [5, 5.41) is 2.99. The Morgan fingerprint density at radius 3 is 3.09 bits per heavy atom. The number of likely N-dealkylation sites (tertiary alicyclic amines) is 1. The van der Waals surface area contributed by atoms with Crippen molar-refractivity contribution in [2.75, 3.05) is 26.2 Å². The molecule has 1 fully saturated rings. The van der Waals surface area contributed by atoms with Gasteiger partial charge in [0.25, 0.3) is 0 Å². The predicted molar refractivity (Wildman–Crippen MR) is 85.6 cm³/mol. The zero-order valence-corrected chi connectivity index (χ0v) is 13.2. The number of halogens is 1. The van der Waals surface area contributed by atoms with Crippen molar-refractivity contribution < 1.29 is 9.18 Å². The van der Waals surface area contributed by atoms with Crippen LogP contribution >= 0.6 is 0 Å². The molecular weight excluding hydrogens is 281 g/mol. The molecule has 1 heterocycles. The number of carbonyl (C=O) groups excluding carboxylic acids is 1. The standard InChI is InChI=1S/C17H26FN3O/c1-13(9-19)10-20-17(22)15-5-3-7-21(12-15)11-14-4-2-6-16(18)8-14/h2,4,6,8,13,15H,3,5,7,9-12,19H2,1H3,(H,20,22). The van der Waals surface area contributed by atoms with E-state index < -0.39 is 0 Å². The lowest BCUT2D eigenvalue weighted by Crippen LogP contribution is -2.44. The second-order valence-electron chi connectivity index (χ2n) is 6.29. The van der Waals surface area contributed by atoms with Crippen molar-refractivity contribution in [3.63, 3.8) is 0 Å². The molecule has 2 unspecified atom stereocenters. The van der Waals surface area contributed by atoms with Crippen LogP contribution in [0.1, 0.15) is 25.3 Å². The van der Waals surface area contributed by atoms with Crippen LogP contribution in [-0.2, 0) is 11.3 Å². The Kier molecular flexibility index (Phi) is 6.34. The Morgan fingerprint density at radius 2 is 2.36 bits per heavy atom. The Labute approximate surface area is 131 Å². The lowest BCUT2D eigenvalue weighted by atomic mass is 9.96. The van der Waals surface area contributed by atoms with Gasteiger partial charge in [0, 0.05) is 19.6 Å². The maximum atomic E-state index is 13.2. The predicted octanol–water partition coefficient (Wildman–Crippen LogP) is 1.75. The third-order valence-corrected chi connectivity index (χ3v) is 4.20. The van der Waals surface area contributed by atoms with Crippen molar-refractivity contribution in [1.82, 2.24) is 10.2 Å². The second kappa shape index (κ2) is 8.25. The Bertz CT molecular complexity index is 495. The van der Waals surface area contributed by atoms with Crippen LogP contribution in [0.25, 0.3) is 0 Å². The Hall–Kier alpha value is -1.46. The van der Waals surface area contributed by atoms with Gasteiger partial charge in [-0.05, 0) is 49.5 Å². The SMILES string of the molecule is CC(CN)CNC(=O)C1CCCN(Cc2cccc(F)c2)C1. The summed E-state index contributed by atoms with van der Waals surface area (Å²) in [7, 11) is 0. The van der Waals surface area contributed by atoms with E-state index in [-0.39, 0.29) is 17.6 Å². The van der Waals surface area contributed by atoms with Gasteiger partial charge in [-0.1, -0.05) is 19.1 Å². The number of amides is 1. The smallest absolute Gasteiger partial charge is 0.224 e. The van der Waals surface area contributed by atoms with Crippen molar-refractivity contribution in [3.8, 4) is 0 Å². The van der Waals surface area contributed by atoms with E-state index in [9.17, 15) is 9.18 Å². The van der Waals surface area contributed by atoms with Gasteiger partial charge in [-0.2, -0.15) is 0 Å². The fourth-order valence-corrected chi connectivity index (χ4v) is 2.81. The van der Waals surface area contributed by atoms with Crippen LogP contribution in [0.2, 0.25) is 0 Å². The first kappa shape index (κ1) is 16.9. The molecule has 1 aliphatic rings. The van der Waals surface area contributed by atoms with E-state index in [1.54, 1.807) is 12.1 Å². The highest BCUT2D eigenvalue weighted by Crippen LogP contribution is 2.19. The minimum atomic E-state index is -0.209. The minimum Gasteiger partial charge on any atom is -0.356 e. The highest BCUT2D eigenvalue weighted by molar-refractivity contribution is 5.78. The number of piperidine rings is 1. The van der Waals surface area contributed by atoms with Gasteiger partial charge in [0.1, 0.15) is 5.82 Å². The maximum Gasteiger partial charge on any atom is 0.224 e. The van der Waals surface area contributed by atoms with Gasteiger partial charge in [-0.15, -0.1) is 0 Å². The van der Waals surface area contributed by atoms with Crippen LogP contribution in [0, 0.1) is 17.7 Å². The Balaban J connectivity index is 1.84. The molecule has 5 heteroatoms. The van der Waals surface area contributed by atoms with Crippen LogP contribution in [0.5, 0.6) is 0 Å². The molecule has 122 valence electrons. The fraction of sp³-hybridized carbons (Fsp3) is 0.588. The van der Waals surface area contributed by atoms with Gasteiger partial charge >= 0.3 is 0 Å². The molecule has 0 bridgehead atoms. The average molecular weight is 307 g/mol. The van der Waals surface area contributed by atoms with E-state index >= 15 is 0 Å².